The molecule has 114 valence electrons. The minimum Gasteiger partial charge on any atom is -0.486 e. The van der Waals surface area contributed by atoms with Crippen LogP contribution in [0.5, 0.6) is 11.5 Å². The first-order valence-electron chi connectivity index (χ1n) is 6.87. The molecule has 1 heterocycles. The Morgan fingerprint density at radius 2 is 1.95 bits per heavy atom. The van der Waals surface area contributed by atoms with Crippen molar-refractivity contribution in [3.8, 4) is 11.5 Å². The molecule has 6 heteroatoms. The van der Waals surface area contributed by atoms with E-state index in [0.717, 1.165) is 0 Å². The second-order valence-corrected chi connectivity index (χ2v) is 5.26. The second-order valence-electron chi connectivity index (χ2n) is 5.26. The highest BCUT2D eigenvalue weighted by atomic mass is 16.6. The second kappa shape index (κ2) is 6.03. The van der Waals surface area contributed by atoms with E-state index in [4.69, 9.17) is 9.47 Å². The predicted octanol–water partition coefficient (Wildman–Crippen LogP) is 1.69. The Hall–Kier alpha value is -2.24. The molecule has 1 aromatic carbocycles. The van der Waals surface area contributed by atoms with Gasteiger partial charge in [-0.3, -0.25) is 9.59 Å². The third-order valence-electron chi connectivity index (χ3n) is 3.74. The van der Waals surface area contributed by atoms with Gasteiger partial charge in [-0.2, -0.15) is 0 Å². The Kier molecular flexibility index (Phi) is 4.35. The lowest BCUT2D eigenvalue weighted by Crippen LogP contribution is -2.40. The van der Waals surface area contributed by atoms with Crippen LogP contribution in [0.1, 0.15) is 30.6 Å². The molecule has 1 unspecified atom stereocenters. The summed E-state index contributed by atoms with van der Waals surface area (Å²) in [7, 11) is 0. The van der Waals surface area contributed by atoms with Gasteiger partial charge in [0.1, 0.15) is 13.2 Å². The highest BCUT2D eigenvalue weighted by molar-refractivity contribution is 5.95. The van der Waals surface area contributed by atoms with Crippen LogP contribution in [0.15, 0.2) is 18.2 Å². The van der Waals surface area contributed by atoms with Crippen LogP contribution >= 0.6 is 0 Å². The van der Waals surface area contributed by atoms with E-state index in [0.29, 0.717) is 36.7 Å². The number of fused-ring (bicyclic) bond motifs is 1. The number of benzene rings is 1. The summed E-state index contributed by atoms with van der Waals surface area (Å²) < 4.78 is 10.8. The number of nitrogens with one attached hydrogen (secondary N) is 1. The summed E-state index contributed by atoms with van der Waals surface area (Å²) in [5.74, 6) is -0.104. The van der Waals surface area contributed by atoms with Crippen LogP contribution in [-0.2, 0) is 4.79 Å². The number of carboxylic acids is 1. The highest BCUT2D eigenvalue weighted by Crippen LogP contribution is 2.30. The fourth-order valence-electron chi connectivity index (χ4n) is 1.91. The topological polar surface area (TPSA) is 84.9 Å². The smallest absolute Gasteiger partial charge is 0.311 e. The van der Waals surface area contributed by atoms with Crippen molar-refractivity contribution < 1.29 is 24.2 Å². The van der Waals surface area contributed by atoms with Gasteiger partial charge in [0.25, 0.3) is 5.91 Å². The molecular weight excluding hydrogens is 274 g/mol. The zero-order chi connectivity index (χ0) is 15.5. The number of aliphatic carboxylic acids is 1. The van der Waals surface area contributed by atoms with Gasteiger partial charge < -0.3 is 19.9 Å². The molecular formula is C15H19NO5. The van der Waals surface area contributed by atoms with Crippen molar-refractivity contribution in [3.05, 3.63) is 23.8 Å². The number of hydrogen-bond acceptors (Lipinski definition) is 4. The third-order valence-corrected chi connectivity index (χ3v) is 3.74. The summed E-state index contributed by atoms with van der Waals surface area (Å²) in [5, 5.41) is 11.8. The standard InChI is InChI=1S/C15H19NO5/c1-3-15(2,14(18)19)9-16-13(17)10-4-5-11-12(8-10)21-7-6-20-11/h4-5,8H,3,6-7,9H2,1-2H3,(H,16,17)(H,18,19). The van der Waals surface area contributed by atoms with Gasteiger partial charge in [-0.1, -0.05) is 6.92 Å². The SMILES string of the molecule is CCC(C)(CNC(=O)c1ccc2c(c1)OCCO2)C(=O)O. The summed E-state index contributed by atoms with van der Waals surface area (Å²) in [6, 6.07) is 4.92. The molecule has 2 rings (SSSR count). The van der Waals surface area contributed by atoms with Gasteiger partial charge in [0, 0.05) is 12.1 Å². The summed E-state index contributed by atoms with van der Waals surface area (Å²) in [5.41, 5.74) is -0.549. The number of hydrogen-bond donors (Lipinski definition) is 2. The molecule has 0 radical (unpaired) electrons. The maximum absolute atomic E-state index is 12.1. The Morgan fingerprint density at radius 1 is 1.29 bits per heavy atom. The third kappa shape index (κ3) is 3.26. The summed E-state index contributed by atoms with van der Waals surface area (Å²) in [6.45, 7) is 4.41. The van der Waals surface area contributed by atoms with Crippen molar-refractivity contribution in [2.45, 2.75) is 20.3 Å². The van der Waals surface area contributed by atoms with Crippen molar-refractivity contribution in [3.63, 3.8) is 0 Å². The first kappa shape index (κ1) is 15.2. The average Bonchev–Trinajstić information content (AvgIpc) is 2.51. The molecule has 2 N–H and O–H groups in total. The molecule has 0 aliphatic carbocycles. The van der Waals surface area contributed by atoms with Crippen LogP contribution in [0.3, 0.4) is 0 Å². The number of rotatable bonds is 5. The minimum atomic E-state index is -0.969. The van der Waals surface area contributed by atoms with Gasteiger partial charge in [-0.05, 0) is 31.5 Å². The van der Waals surface area contributed by atoms with E-state index in [9.17, 15) is 14.7 Å². The fourth-order valence-corrected chi connectivity index (χ4v) is 1.91. The summed E-state index contributed by atoms with van der Waals surface area (Å²) in [4.78, 5) is 23.3. The van der Waals surface area contributed by atoms with Crippen LogP contribution in [0.4, 0.5) is 0 Å². The monoisotopic (exact) mass is 293 g/mol. The minimum absolute atomic E-state index is 0.0755. The van der Waals surface area contributed by atoms with E-state index in [1.54, 1.807) is 32.0 Å². The number of ether oxygens (including phenoxy) is 2. The number of amides is 1. The van der Waals surface area contributed by atoms with Crippen molar-refractivity contribution in [1.82, 2.24) is 5.32 Å². The molecule has 0 bridgehead atoms. The van der Waals surface area contributed by atoms with Gasteiger partial charge in [-0.15, -0.1) is 0 Å². The van der Waals surface area contributed by atoms with Gasteiger partial charge in [0.15, 0.2) is 11.5 Å². The molecule has 0 aromatic heterocycles. The normalized spacial score (nSPS) is 15.9. The molecule has 1 aliphatic rings. The zero-order valence-electron chi connectivity index (χ0n) is 12.1. The first-order chi connectivity index (χ1) is 9.96. The molecule has 0 saturated heterocycles. The lowest BCUT2D eigenvalue weighted by molar-refractivity contribution is -0.147. The molecule has 1 amide bonds. The van der Waals surface area contributed by atoms with E-state index < -0.39 is 11.4 Å². The van der Waals surface area contributed by atoms with E-state index in [-0.39, 0.29) is 12.5 Å². The first-order valence-corrected chi connectivity index (χ1v) is 6.87. The van der Waals surface area contributed by atoms with Crippen LogP contribution in [0.25, 0.3) is 0 Å². The largest absolute Gasteiger partial charge is 0.486 e. The van der Waals surface area contributed by atoms with Crippen molar-refractivity contribution >= 4 is 11.9 Å². The Labute approximate surface area is 123 Å². The number of carbonyl (C=O) groups excluding carboxylic acids is 1. The lowest BCUT2D eigenvalue weighted by atomic mass is 9.87. The zero-order valence-corrected chi connectivity index (χ0v) is 12.1. The molecule has 0 spiro atoms. The molecule has 0 fully saturated rings. The van der Waals surface area contributed by atoms with Crippen LogP contribution in [0, 0.1) is 5.41 Å². The van der Waals surface area contributed by atoms with E-state index >= 15 is 0 Å². The van der Waals surface area contributed by atoms with Crippen LogP contribution in [0.2, 0.25) is 0 Å². The molecule has 1 atom stereocenters. The Morgan fingerprint density at radius 3 is 2.57 bits per heavy atom. The maximum atomic E-state index is 12.1. The Balaban J connectivity index is 2.05. The van der Waals surface area contributed by atoms with E-state index in [1.807, 2.05) is 0 Å². The average molecular weight is 293 g/mol. The van der Waals surface area contributed by atoms with Crippen LogP contribution in [-0.4, -0.2) is 36.7 Å². The van der Waals surface area contributed by atoms with Gasteiger partial charge in [0.2, 0.25) is 0 Å². The Bertz CT molecular complexity index is 557. The van der Waals surface area contributed by atoms with Crippen molar-refractivity contribution in [2.75, 3.05) is 19.8 Å². The number of carboxylic acid groups (broad SMARTS) is 1. The van der Waals surface area contributed by atoms with Crippen molar-refractivity contribution in [2.24, 2.45) is 5.41 Å². The fraction of sp³-hybridized carbons (Fsp3) is 0.467. The highest BCUT2D eigenvalue weighted by Gasteiger charge is 2.31. The molecule has 6 nitrogen and oxygen atoms in total. The quantitative estimate of drug-likeness (QED) is 0.863. The van der Waals surface area contributed by atoms with Crippen LogP contribution < -0.4 is 14.8 Å². The number of carbonyl (C=O) groups is 2. The molecule has 1 aliphatic heterocycles. The van der Waals surface area contributed by atoms with E-state index in [2.05, 4.69) is 5.32 Å². The summed E-state index contributed by atoms with van der Waals surface area (Å²) in [6.07, 6.45) is 0.434. The van der Waals surface area contributed by atoms with Gasteiger partial charge in [0.05, 0.1) is 5.41 Å². The molecule has 0 saturated carbocycles. The maximum Gasteiger partial charge on any atom is 0.311 e. The summed E-state index contributed by atoms with van der Waals surface area (Å²) >= 11 is 0. The van der Waals surface area contributed by atoms with Crippen molar-refractivity contribution in [1.29, 1.82) is 0 Å². The van der Waals surface area contributed by atoms with E-state index in [1.165, 1.54) is 0 Å². The molecule has 1 aromatic rings. The lowest BCUT2D eigenvalue weighted by Gasteiger charge is -2.23. The molecule has 21 heavy (non-hydrogen) atoms. The van der Waals surface area contributed by atoms with Gasteiger partial charge >= 0.3 is 5.97 Å². The van der Waals surface area contributed by atoms with Gasteiger partial charge in [-0.25, -0.2) is 0 Å². The predicted molar refractivity (Wildman–Crippen MR) is 75.8 cm³/mol.